The third-order valence-corrected chi connectivity index (χ3v) is 3.16. The zero-order chi connectivity index (χ0) is 10.3. The predicted octanol–water partition coefficient (Wildman–Crippen LogP) is 1.94. The van der Waals surface area contributed by atoms with Crippen LogP contribution in [0.4, 0.5) is 11.4 Å². The van der Waals surface area contributed by atoms with Gasteiger partial charge in [0.15, 0.2) is 0 Å². The number of halogens is 1. The lowest BCUT2D eigenvalue weighted by Crippen LogP contribution is -2.25. The largest absolute Gasteiger partial charge is 0.398 e. The number of anilines is 2. The first kappa shape index (κ1) is 9.52. The Kier molecular flexibility index (Phi) is 2.23. The zero-order valence-corrected chi connectivity index (χ0v) is 9.47. The Bertz CT molecular complexity index is 403. The van der Waals surface area contributed by atoms with Crippen molar-refractivity contribution >= 4 is 33.2 Å². The van der Waals surface area contributed by atoms with Gasteiger partial charge in [-0.25, -0.2) is 0 Å². The molecule has 0 unspecified atom stereocenters. The topological polar surface area (TPSA) is 46.3 Å². The van der Waals surface area contributed by atoms with Crippen LogP contribution in [0.5, 0.6) is 0 Å². The fourth-order valence-electron chi connectivity index (χ4n) is 1.75. The van der Waals surface area contributed by atoms with E-state index >= 15 is 0 Å². The number of carbonyl (C=O) groups excluding carboxylic acids is 1. The SMILES string of the molecule is CC(=O)N1CCc2cc(Br)c(N)cc21. The minimum absolute atomic E-state index is 0.0745. The van der Waals surface area contributed by atoms with Crippen molar-refractivity contribution in [3.63, 3.8) is 0 Å². The van der Waals surface area contributed by atoms with E-state index in [0.717, 1.165) is 23.1 Å². The summed E-state index contributed by atoms with van der Waals surface area (Å²) in [5.41, 5.74) is 8.59. The first-order chi connectivity index (χ1) is 6.59. The van der Waals surface area contributed by atoms with Gasteiger partial charge in [-0.15, -0.1) is 0 Å². The maximum absolute atomic E-state index is 11.3. The number of carbonyl (C=O) groups is 1. The second-order valence-electron chi connectivity index (χ2n) is 3.42. The lowest BCUT2D eigenvalue weighted by molar-refractivity contribution is -0.116. The van der Waals surface area contributed by atoms with E-state index in [1.807, 2.05) is 12.1 Å². The second-order valence-corrected chi connectivity index (χ2v) is 4.28. The third-order valence-electron chi connectivity index (χ3n) is 2.47. The molecule has 0 bridgehead atoms. The van der Waals surface area contributed by atoms with Gasteiger partial charge in [-0.2, -0.15) is 0 Å². The summed E-state index contributed by atoms with van der Waals surface area (Å²) in [4.78, 5) is 13.0. The number of nitrogens with two attached hydrogens (primary N) is 1. The number of benzene rings is 1. The summed E-state index contributed by atoms with van der Waals surface area (Å²) in [6, 6.07) is 3.85. The van der Waals surface area contributed by atoms with Crippen LogP contribution in [0.15, 0.2) is 16.6 Å². The Morgan fingerprint density at radius 3 is 2.93 bits per heavy atom. The number of rotatable bonds is 0. The van der Waals surface area contributed by atoms with Gasteiger partial charge in [-0.1, -0.05) is 0 Å². The number of fused-ring (bicyclic) bond motifs is 1. The van der Waals surface area contributed by atoms with Crippen LogP contribution >= 0.6 is 15.9 Å². The number of nitrogen functional groups attached to an aromatic ring is 1. The summed E-state index contributed by atoms with van der Waals surface area (Å²) < 4.78 is 0.904. The molecule has 14 heavy (non-hydrogen) atoms. The molecule has 1 aliphatic heterocycles. The van der Waals surface area contributed by atoms with E-state index in [4.69, 9.17) is 5.73 Å². The highest BCUT2D eigenvalue weighted by atomic mass is 79.9. The van der Waals surface area contributed by atoms with Gasteiger partial charge >= 0.3 is 0 Å². The fraction of sp³-hybridized carbons (Fsp3) is 0.300. The molecule has 2 N–H and O–H groups in total. The van der Waals surface area contributed by atoms with E-state index in [-0.39, 0.29) is 5.91 Å². The quantitative estimate of drug-likeness (QED) is 0.720. The molecule has 1 aliphatic rings. The molecule has 1 amide bonds. The molecule has 2 rings (SSSR count). The minimum atomic E-state index is 0.0745. The third kappa shape index (κ3) is 1.39. The Morgan fingerprint density at radius 2 is 2.29 bits per heavy atom. The molecular weight excluding hydrogens is 244 g/mol. The molecule has 0 fully saturated rings. The Hall–Kier alpha value is -1.03. The molecule has 0 saturated heterocycles. The van der Waals surface area contributed by atoms with E-state index in [9.17, 15) is 4.79 Å². The Morgan fingerprint density at radius 1 is 1.57 bits per heavy atom. The van der Waals surface area contributed by atoms with E-state index < -0.39 is 0 Å². The molecule has 1 aromatic rings. The normalized spacial score (nSPS) is 14.3. The van der Waals surface area contributed by atoms with Crippen LogP contribution in [0.3, 0.4) is 0 Å². The van der Waals surface area contributed by atoms with Crippen LogP contribution < -0.4 is 10.6 Å². The van der Waals surface area contributed by atoms with Gasteiger partial charge in [0.2, 0.25) is 5.91 Å². The summed E-state index contributed by atoms with van der Waals surface area (Å²) in [7, 11) is 0. The predicted molar refractivity (Wildman–Crippen MR) is 60.3 cm³/mol. The summed E-state index contributed by atoms with van der Waals surface area (Å²) in [6.45, 7) is 2.34. The fourth-order valence-corrected chi connectivity index (χ4v) is 2.14. The summed E-state index contributed by atoms with van der Waals surface area (Å²) in [5, 5.41) is 0. The molecule has 1 aromatic carbocycles. The number of amides is 1. The van der Waals surface area contributed by atoms with E-state index in [1.165, 1.54) is 5.56 Å². The van der Waals surface area contributed by atoms with Crippen molar-refractivity contribution in [3.05, 3.63) is 22.2 Å². The van der Waals surface area contributed by atoms with Gasteiger partial charge in [0, 0.05) is 29.3 Å². The Labute approximate surface area is 91.0 Å². The van der Waals surface area contributed by atoms with Crippen molar-refractivity contribution < 1.29 is 4.79 Å². The molecule has 0 aromatic heterocycles. The number of hydrogen-bond donors (Lipinski definition) is 1. The molecule has 3 nitrogen and oxygen atoms in total. The van der Waals surface area contributed by atoms with Crippen LogP contribution in [0.2, 0.25) is 0 Å². The van der Waals surface area contributed by atoms with Crippen LogP contribution in [0.1, 0.15) is 12.5 Å². The molecule has 0 spiro atoms. The van der Waals surface area contributed by atoms with Crippen LogP contribution in [0.25, 0.3) is 0 Å². The summed E-state index contributed by atoms with van der Waals surface area (Å²) in [5.74, 6) is 0.0745. The zero-order valence-electron chi connectivity index (χ0n) is 7.88. The lowest BCUT2D eigenvalue weighted by atomic mass is 10.1. The average molecular weight is 255 g/mol. The summed E-state index contributed by atoms with van der Waals surface area (Å²) >= 11 is 3.38. The van der Waals surface area contributed by atoms with Gasteiger partial charge < -0.3 is 10.6 Å². The van der Waals surface area contributed by atoms with Gasteiger partial charge in [-0.05, 0) is 40.0 Å². The van der Waals surface area contributed by atoms with E-state index in [1.54, 1.807) is 11.8 Å². The molecule has 0 aliphatic carbocycles. The number of nitrogens with zero attached hydrogens (tertiary/aromatic N) is 1. The van der Waals surface area contributed by atoms with Crippen molar-refractivity contribution in [2.45, 2.75) is 13.3 Å². The minimum Gasteiger partial charge on any atom is -0.398 e. The highest BCUT2D eigenvalue weighted by Gasteiger charge is 2.22. The first-order valence-corrected chi connectivity index (χ1v) is 5.25. The number of hydrogen-bond acceptors (Lipinski definition) is 2. The molecule has 0 saturated carbocycles. The van der Waals surface area contributed by atoms with Crippen molar-refractivity contribution in [1.82, 2.24) is 0 Å². The smallest absolute Gasteiger partial charge is 0.223 e. The van der Waals surface area contributed by atoms with Gasteiger partial charge in [0.1, 0.15) is 0 Å². The second kappa shape index (κ2) is 3.28. The van der Waals surface area contributed by atoms with Crippen LogP contribution in [0, 0.1) is 0 Å². The molecule has 4 heteroatoms. The van der Waals surface area contributed by atoms with Crippen molar-refractivity contribution in [2.75, 3.05) is 17.2 Å². The molecule has 74 valence electrons. The molecular formula is C10H11BrN2O. The van der Waals surface area contributed by atoms with E-state index in [0.29, 0.717) is 5.69 Å². The molecule has 0 atom stereocenters. The van der Waals surface area contributed by atoms with Crippen molar-refractivity contribution in [1.29, 1.82) is 0 Å². The van der Waals surface area contributed by atoms with Gasteiger partial charge in [0.25, 0.3) is 0 Å². The summed E-state index contributed by atoms with van der Waals surface area (Å²) in [6.07, 6.45) is 0.911. The highest BCUT2D eigenvalue weighted by Crippen LogP contribution is 2.34. The maximum atomic E-state index is 11.3. The van der Waals surface area contributed by atoms with Crippen molar-refractivity contribution in [3.8, 4) is 0 Å². The van der Waals surface area contributed by atoms with Crippen LogP contribution in [-0.2, 0) is 11.2 Å². The van der Waals surface area contributed by atoms with Crippen LogP contribution in [-0.4, -0.2) is 12.5 Å². The molecule has 1 heterocycles. The average Bonchev–Trinajstić information content (AvgIpc) is 2.48. The Balaban J connectivity index is 2.50. The van der Waals surface area contributed by atoms with Gasteiger partial charge in [0.05, 0.1) is 0 Å². The lowest BCUT2D eigenvalue weighted by Gasteiger charge is -2.15. The van der Waals surface area contributed by atoms with E-state index in [2.05, 4.69) is 15.9 Å². The van der Waals surface area contributed by atoms with Gasteiger partial charge in [-0.3, -0.25) is 4.79 Å². The highest BCUT2D eigenvalue weighted by molar-refractivity contribution is 9.10. The molecule has 0 radical (unpaired) electrons. The van der Waals surface area contributed by atoms with Crippen molar-refractivity contribution in [2.24, 2.45) is 0 Å². The maximum Gasteiger partial charge on any atom is 0.223 e. The monoisotopic (exact) mass is 254 g/mol. The standard InChI is InChI=1S/C10H11BrN2O/c1-6(14)13-3-2-7-4-8(11)9(12)5-10(7)13/h4-5H,2-3,12H2,1H3. The first-order valence-electron chi connectivity index (χ1n) is 4.45.